The molecule has 2 heterocycles. The number of aryl methyl sites for hydroxylation is 1. The molecule has 0 spiro atoms. The molecule has 1 aromatic heterocycles. The summed E-state index contributed by atoms with van der Waals surface area (Å²) in [5.74, 6) is -0.686. The smallest absolute Gasteiger partial charge is 0.250 e. The largest absolute Gasteiger partial charge is 0.324 e. The number of carbonyl (C=O) groups excluding carboxylic acids is 2. The molecule has 7 heteroatoms. The van der Waals surface area contributed by atoms with Gasteiger partial charge in [-0.05, 0) is 56.3 Å². The topological polar surface area (TPSA) is 76.0 Å². The number of benzene rings is 2. The number of fused-ring (bicyclic) bond motifs is 1. The summed E-state index contributed by atoms with van der Waals surface area (Å²) in [5.41, 5.74) is 3.18. The van der Waals surface area contributed by atoms with Gasteiger partial charge in [-0.1, -0.05) is 23.9 Å². The number of para-hydroxylation sites is 1. The average Bonchev–Trinajstić information content (AvgIpc) is 3.09. The first-order valence-electron chi connectivity index (χ1n) is 8.49. The van der Waals surface area contributed by atoms with Gasteiger partial charge in [0.1, 0.15) is 0 Å². The van der Waals surface area contributed by atoms with E-state index in [1.165, 1.54) is 11.8 Å². The minimum atomic E-state index is -1.24. The van der Waals surface area contributed by atoms with Crippen LogP contribution in [0.3, 0.4) is 0 Å². The molecule has 0 bridgehead atoms. The van der Waals surface area contributed by atoms with E-state index in [2.05, 4.69) is 15.7 Å². The van der Waals surface area contributed by atoms with Gasteiger partial charge >= 0.3 is 0 Å². The lowest BCUT2D eigenvalue weighted by Gasteiger charge is -2.31. The summed E-state index contributed by atoms with van der Waals surface area (Å²) in [5, 5.41) is 10.0. The maximum Gasteiger partial charge on any atom is 0.250 e. The van der Waals surface area contributed by atoms with Crippen LogP contribution < -0.4 is 10.6 Å². The summed E-state index contributed by atoms with van der Waals surface area (Å²) in [6.07, 6.45) is 1.88. The van der Waals surface area contributed by atoms with Crippen LogP contribution in [0.2, 0.25) is 0 Å². The van der Waals surface area contributed by atoms with Crippen molar-refractivity contribution >= 4 is 35.0 Å². The molecule has 0 radical (unpaired) electrons. The number of carbonyl (C=O) groups is 2. The maximum absolute atomic E-state index is 12.9. The molecule has 1 atom stereocenters. The van der Waals surface area contributed by atoms with Crippen LogP contribution in [0.1, 0.15) is 12.6 Å². The van der Waals surface area contributed by atoms with E-state index in [1.807, 2.05) is 55.6 Å². The fourth-order valence-electron chi connectivity index (χ4n) is 2.82. The zero-order valence-electron chi connectivity index (χ0n) is 14.9. The van der Waals surface area contributed by atoms with Gasteiger partial charge in [0.15, 0.2) is 4.75 Å². The second-order valence-corrected chi connectivity index (χ2v) is 7.95. The van der Waals surface area contributed by atoms with Crippen LogP contribution in [0.25, 0.3) is 5.69 Å². The van der Waals surface area contributed by atoms with Crippen molar-refractivity contribution in [2.45, 2.75) is 23.5 Å². The number of nitrogens with one attached hydrogen (secondary N) is 2. The van der Waals surface area contributed by atoms with Crippen molar-refractivity contribution in [2.24, 2.45) is 0 Å². The molecule has 6 nitrogen and oxygen atoms in total. The van der Waals surface area contributed by atoms with Crippen LogP contribution >= 0.6 is 11.8 Å². The third kappa shape index (κ3) is 3.21. The van der Waals surface area contributed by atoms with Crippen molar-refractivity contribution in [3.8, 4) is 5.69 Å². The summed E-state index contributed by atoms with van der Waals surface area (Å²) in [7, 11) is 0. The fraction of sp³-hybridized carbons (Fsp3) is 0.150. The van der Waals surface area contributed by atoms with Gasteiger partial charge < -0.3 is 10.6 Å². The number of hydrogen-bond donors (Lipinski definition) is 2. The molecule has 0 saturated heterocycles. The Morgan fingerprint density at radius 3 is 2.59 bits per heavy atom. The number of thioether (sulfide) groups is 1. The first kappa shape index (κ1) is 17.4. The van der Waals surface area contributed by atoms with E-state index in [1.54, 1.807) is 23.7 Å². The maximum atomic E-state index is 12.9. The molecule has 1 aliphatic rings. The molecule has 136 valence electrons. The van der Waals surface area contributed by atoms with Gasteiger partial charge in [0.25, 0.3) is 0 Å². The highest BCUT2D eigenvalue weighted by molar-refractivity contribution is 8.02. The third-order valence-electron chi connectivity index (χ3n) is 4.43. The van der Waals surface area contributed by atoms with Crippen LogP contribution in [-0.4, -0.2) is 26.3 Å². The first-order chi connectivity index (χ1) is 13.0. The summed E-state index contributed by atoms with van der Waals surface area (Å²) >= 11 is 1.26. The number of nitrogens with zero attached hydrogens (tertiary/aromatic N) is 2. The molecule has 2 amide bonds. The zero-order chi connectivity index (χ0) is 19.0. The molecule has 1 unspecified atom stereocenters. The molecule has 27 heavy (non-hydrogen) atoms. The lowest BCUT2D eigenvalue weighted by atomic mass is 10.1. The van der Waals surface area contributed by atoms with Gasteiger partial charge in [-0.25, -0.2) is 4.68 Å². The summed E-state index contributed by atoms with van der Waals surface area (Å²) in [6, 6.07) is 16.7. The highest BCUT2D eigenvalue weighted by Gasteiger charge is 2.45. The van der Waals surface area contributed by atoms with Crippen molar-refractivity contribution in [1.82, 2.24) is 9.78 Å². The molecule has 0 saturated carbocycles. The number of amides is 2. The summed E-state index contributed by atoms with van der Waals surface area (Å²) in [6.45, 7) is 3.57. The predicted octanol–water partition coefficient (Wildman–Crippen LogP) is 3.62. The minimum absolute atomic E-state index is 0.327. The molecule has 0 fully saturated rings. The van der Waals surface area contributed by atoms with E-state index >= 15 is 0 Å². The van der Waals surface area contributed by atoms with Gasteiger partial charge in [-0.3, -0.25) is 9.59 Å². The Kier molecular flexibility index (Phi) is 4.24. The monoisotopic (exact) mass is 378 g/mol. The molecule has 3 aromatic rings. The summed E-state index contributed by atoms with van der Waals surface area (Å²) < 4.78 is 0.524. The Morgan fingerprint density at radius 2 is 1.89 bits per heavy atom. The molecule has 2 aromatic carbocycles. The lowest BCUT2D eigenvalue weighted by molar-refractivity contribution is -0.126. The van der Waals surface area contributed by atoms with Gasteiger partial charge in [-0.15, -0.1) is 0 Å². The van der Waals surface area contributed by atoms with Crippen LogP contribution in [0.4, 0.5) is 11.4 Å². The van der Waals surface area contributed by atoms with Crippen LogP contribution in [-0.2, 0) is 9.59 Å². The van der Waals surface area contributed by atoms with E-state index in [9.17, 15) is 9.59 Å². The minimum Gasteiger partial charge on any atom is -0.324 e. The van der Waals surface area contributed by atoms with Gasteiger partial charge in [0.05, 0.1) is 17.1 Å². The Bertz CT molecular complexity index is 1030. The molecular formula is C20H18N4O2S. The van der Waals surface area contributed by atoms with E-state index in [4.69, 9.17) is 0 Å². The van der Waals surface area contributed by atoms with Gasteiger partial charge in [-0.2, -0.15) is 5.10 Å². The quantitative estimate of drug-likeness (QED) is 0.683. The van der Waals surface area contributed by atoms with E-state index in [0.29, 0.717) is 5.69 Å². The second-order valence-electron chi connectivity index (χ2n) is 6.49. The van der Waals surface area contributed by atoms with E-state index in [0.717, 1.165) is 22.0 Å². The Morgan fingerprint density at radius 1 is 1.15 bits per heavy atom. The standard InChI is InChI=1S/C20H18N4O2S/c1-13-11-12-24(23-13)15-9-7-14(8-10-15)21-18(25)20(2)19(26)22-16-5-3-4-6-17(16)27-20/h3-12H,1-2H3,(H,21,25)(H,22,26). The molecule has 4 rings (SSSR count). The highest BCUT2D eigenvalue weighted by atomic mass is 32.2. The van der Waals surface area contributed by atoms with Crippen LogP contribution in [0.15, 0.2) is 65.7 Å². The van der Waals surface area contributed by atoms with E-state index < -0.39 is 4.75 Å². The molecular weight excluding hydrogens is 360 g/mol. The number of hydrogen-bond acceptors (Lipinski definition) is 4. The number of rotatable bonds is 3. The Labute approximate surface area is 161 Å². The molecule has 0 aliphatic carbocycles. The summed E-state index contributed by atoms with van der Waals surface area (Å²) in [4.78, 5) is 26.3. The van der Waals surface area contributed by atoms with E-state index in [-0.39, 0.29) is 11.8 Å². The van der Waals surface area contributed by atoms with Crippen molar-refractivity contribution in [3.05, 3.63) is 66.5 Å². The van der Waals surface area contributed by atoms with Gasteiger partial charge in [0.2, 0.25) is 11.8 Å². The SMILES string of the molecule is Cc1ccn(-c2ccc(NC(=O)C3(C)Sc4ccccc4NC3=O)cc2)n1. The van der Waals surface area contributed by atoms with Crippen LogP contribution in [0.5, 0.6) is 0 Å². The second kappa shape index (κ2) is 6.59. The average molecular weight is 378 g/mol. The predicted molar refractivity (Wildman–Crippen MR) is 106 cm³/mol. The lowest BCUT2D eigenvalue weighted by Crippen LogP contribution is -2.49. The first-order valence-corrected chi connectivity index (χ1v) is 9.31. The third-order valence-corrected chi connectivity index (χ3v) is 5.78. The highest BCUT2D eigenvalue weighted by Crippen LogP contribution is 2.42. The van der Waals surface area contributed by atoms with Crippen molar-refractivity contribution in [3.63, 3.8) is 0 Å². The van der Waals surface area contributed by atoms with Crippen molar-refractivity contribution in [2.75, 3.05) is 10.6 Å². The fourth-order valence-corrected chi connectivity index (χ4v) is 3.93. The normalized spacial score (nSPS) is 18.5. The number of anilines is 2. The Balaban J connectivity index is 1.52. The molecule has 2 N–H and O–H groups in total. The van der Waals surface area contributed by atoms with Crippen molar-refractivity contribution < 1.29 is 9.59 Å². The van der Waals surface area contributed by atoms with Gasteiger partial charge in [0, 0.05) is 16.8 Å². The number of aromatic nitrogens is 2. The van der Waals surface area contributed by atoms with Crippen molar-refractivity contribution in [1.29, 1.82) is 0 Å². The zero-order valence-corrected chi connectivity index (χ0v) is 15.7. The molecule has 1 aliphatic heterocycles. The van der Waals surface area contributed by atoms with Crippen LogP contribution in [0, 0.1) is 6.92 Å². The Hall–Kier alpha value is -3.06.